The molecule has 4 nitrogen and oxygen atoms in total. The van der Waals surface area contributed by atoms with E-state index in [0.29, 0.717) is 12.5 Å². The molecule has 15 heavy (non-hydrogen) atoms. The topological polar surface area (TPSA) is 50.7 Å². The Kier molecular flexibility index (Phi) is 3.91. The molecule has 2 rings (SSSR count). The molecule has 0 bridgehead atoms. The molecule has 0 radical (unpaired) electrons. The van der Waals surface area contributed by atoms with Crippen molar-refractivity contribution in [1.82, 2.24) is 20.5 Å². The van der Waals surface area contributed by atoms with Gasteiger partial charge in [0, 0.05) is 5.92 Å². The highest BCUT2D eigenvalue weighted by Gasteiger charge is 2.17. The molecule has 1 fully saturated rings. The standard InChI is InChI=1S/C10H16N4S/c1-11-7-10-13-9(6-12-14-10)8-2-4-15-5-3-8/h6,8,11H,2-5,7H2,1H3. The molecule has 0 spiro atoms. The van der Waals surface area contributed by atoms with Crippen molar-refractivity contribution in [3.63, 3.8) is 0 Å². The molecule has 0 atom stereocenters. The third kappa shape index (κ3) is 2.89. The molecule has 1 N–H and O–H groups in total. The van der Waals surface area contributed by atoms with Crippen molar-refractivity contribution in [2.45, 2.75) is 25.3 Å². The molecule has 82 valence electrons. The maximum absolute atomic E-state index is 4.54. The third-order valence-electron chi connectivity index (χ3n) is 2.60. The lowest BCUT2D eigenvalue weighted by atomic mass is 9.99. The Hall–Kier alpha value is -0.680. The highest BCUT2D eigenvalue weighted by molar-refractivity contribution is 7.99. The lowest BCUT2D eigenvalue weighted by molar-refractivity contribution is 0.597. The van der Waals surface area contributed by atoms with Crippen LogP contribution in [0.1, 0.15) is 30.3 Å². The summed E-state index contributed by atoms with van der Waals surface area (Å²) < 4.78 is 0. The van der Waals surface area contributed by atoms with Crippen molar-refractivity contribution >= 4 is 11.8 Å². The molecule has 0 unspecified atom stereocenters. The number of aromatic nitrogens is 3. The summed E-state index contributed by atoms with van der Waals surface area (Å²) in [5, 5.41) is 11.1. The first kappa shape index (κ1) is 10.8. The van der Waals surface area contributed by atoms with E-state index in [1.807, 2.05) is 25.0 Å². The molecule has 1 saturated heterocycles. The van der Waals surface area contributed by atoms with Crippen molar-refractivity contribution in [2.24, 2.45) is 0 Å². The van der Waals surface area contributed by atoms with Gasteiger partial charge in [-0.2, -0.15) is 16.9 Å². The van der Waals surface area contributed by atoms with Crippen LogP contribution in [0.2, 0.25) is 0 Å². The van der Waals surface area contributed by atoms with Gasteiger partial charge in [0.2, 0.25) is 0 Å². The van der Waals surface area contributed by atoms with Gasteiger partial charge in [-0.3, -0.25) is 0 Å². The normalized spacial score (nSPS) is 17.9. The van der Waals surface area contributed by atoms with Crippen LogP contribution >= 0.6 is 11.8 Å². The fourth-order valence-electron chi connectivity index (χ4n) is 1.78. The number of hydrogen-bond donors (Lipinski definition) is 1. The first-order chi connectivity index (χ1) is 7.40. The molecule has 0 aromatic carbocycles. The maximum Gasteiger partial charge on any atom is 0.165 e. The molecular formula is C10H16N4S. The Labute approximate surface area is 94.3 Å². The van der Waals surface area contributed by atoms with Crippen LogP contribution in [-0.2, 0) is 6.54 Å². The minimum atomic E-state index is 0.595. The minimum absolute atomic E-state index is 0.595. The summed E-state index contributed by atoms with van der Waals surface area (Å²) in [4.78, 5) is 4.54. The van der Waals surface area contributed by atoms with Crippen LogP contribution in [0.5, 0.6) is 0 Å². The van der Waals surface area contributed by atoms with Crippen molar-refractivity contribution in [2.75, 3.05) is 18.6 Å². The largest absolute Gasteiger partial charge is 0.313 e. The summed E-state index contributed by atoms with van der Waals surface area (Å²) in [5.74, 6) is 3.89. The van der Waals surface area contributed by atoms with Gasteiger partial charge in [-0.05, 0) is 31.4 Å². The summed E-state index contributed by atoms with van der Waals surface area (Å²) in [6.07, 6.45) is 4.27. The Morgan fingerprint density at radius 2 is 2.27 bits per heavy atom. The van der Waals surface area contributed by atoms with Gasteiger partial charge in [0.05, 0.1) is 18.4 Å². The van der Waals surface area contributed by atoms with Gasteiger partial charge in [-0.15, -0.1) is 5.10 Å². The van der Waals surface area contributed by atoms with Gasteiger partial charge in [-0.25, -0.2) is 4.98 Å². The Morgan fingerprint density at radius 1 is 1.47 bits per heavy atom. The molecule has 0 aliphatic carbocycles. The first-order valence-electron chi connectivity index (χ1n) is 5.31. The molecule has 5 heteroatoms. The lowest BCUT2D eigenvalue weighted by Crippen LogP contribution is -2.15. The zero-order valence-corrected chi connectivity index (χ0v) is 9.76. The summed E-state index contributed by atoms with van der Waals surface area (Å²) in [6, 6.07) is 0. The Morgan fingerprint density at radius 3 is 3.00 bits per heavy atom. The molecule has 0 amide bonds. The van der Waals surface area contributed by atoms with Gasteiger partial charge < -0.3 is 5.32 Å². The van der Waals surface area contributed by atoms with E-state index in [4.69, 9.17) is 0 Å². The van der Waals surface area contributed by atoms with Gasteiger partial charge in [0.15, 0.2) is 5.82 Å². The van der Waals surface area contributed by atoms with Gasteiger partial charge >= 0.3 is 0 Å². The number of nitrogens with one attached hydrogen (secondary N) is 1. The maximum atomic E-state index is 4.54. The third-order valence-corrected chi connectivity index (χ3v) is 3.64. The van der Waals surface area contributed by atoms with Crippen LogP contribution in [0.3, 0.4) is 0 Å². The van der Waals surface area contributed by atoms with Crippen LogP contribution in [0.25, 0.3) is 0 Å². The van der Waals surface area contributed by atoms with E-state index in [2.05, 4.69) is 20.5 Å². The zero-order valence-electron chi connectivity index (χ0n) is 8.94. The van der Waals surface area contributed by atoms with Gasteiger partial charge in [-0.1, -0.05) is 0 Å². The quantitative estimate of drug-likeness (QED) is 0.836. The summed E-state index contributed by atoms with van der Waals surface area (Å²) >= 11 is 2.03. The number of thioether (sulfide) groups is 1. The van der Waals surface area contributed by atoms with Crippen LogP contribution < -0.4 is 5.32 Å². The lowest BCUT2D eigenvalue weighted by Gasteiger charge is -2.20. The Bertz CT molecular complexity index is 312. The van der Waals surface area contributed by atoms with Crippen molar-refractivity contribution in [1.29, 1.82) is 0 Å². The smallest absolute Gasteiger partial charge is 0.165 e. The summed E-state index contributed by atoms with van der Waals surface area (Å²) in [7, 11) is 1.90. The zero-order chi connectivity index (χ0) is 10.5. The van der Waals surface area contributed by atoms with Gasteiger partial charge in [0.1, 0.15) is 0 Å². The number of hydrogen-bond acceptors (Lipinski definition) is 5. The van der Waals surface area contributed by atoms with Crippen LogP contribution in [0.15, 0.2) is 6.20 Å². The van der Waals surface area contributed by atoms with Crippen LogP contribution in [-0.4, -0.2) is 33.7 Å². The highest BCUT2D eigenvalue weighted by atomic mass is 32.2. The molecular weight excluding hydrogens is 208 g/mol. The second-order valence-corrected chi connectivity index (χ2v) is 4.94. The van der Waals surface area contributed by atoms with Crippen LogP contribution in [0, 0.1) is 0 Å². The van der Waals surface area contributed by atoms with Crippen LogP contribution in [0.4, 0.5) is 0 Å². The SMILES string of the molecule is CNCc1nncc(C2CCSCC2)n1. The van der Waals surface area contributed by atoms with E-state index in [0.717, 1.165) is 11.5 Å². The number of rotatable bonds is 3. The monoisotopic (exact) mass is 224 g/mol. The van der Waals surface area contributed by atoms with E-state index in [-0.39, 0.29) is 0 Å². The van der Waals surface area contributed by atoms with E-state index < -0.39 is 0 Å². The summed E-state index contributed by atoms with van der Waals surface area (Å²) in [6.45, 7) is 0.697. The molecule has 1 aliphatic rings. The fourth-order valence-corrected chi connectivity index (χ4v) is 2.88. The van der Waals surface area contributed by atoms with E-state index in [1.54, 1.807) is 0 Å². The summed E-state index contributed by atoms with van der Waals surface area (Å²) in [5.41, 5.74) is 1.12. The molecule has 1 aromatic rings. The molecule has 2 heterocycles. The minimum Gasteiger partial charge on any atom is -0.313 e. The first-order valence-corrected chi connectivity index (χ1v) is 6.46. The predicted octanol–water partition coefficient (Wildman–Crippen LogP) is 1.20. The average molecular weight is 224 g/mol. The van der Waals surface area contributed by atoms with E-state index in [1.165, 1.54) is 24.3 Å². The van der Waals surface area contributed by atoms with Gasteiger partial charge in [0.25, 0.3) is 0 Å². The molecule has 1 aliphatic heterocycles. The average Bonchev–Trinajstić information content (AvgIpc) is 2.31. The molecule has 1 aromatic heterocycles. The number of nitrogens with zero attached hydrogens (tertiary/aromatic N) is 3. The second kappa shape index (κ2) is 5.42. The van der Waals surface area contributed by atoms with Crippen molar-refractivity contribution in [3.8, 4) is 0 Å². The highest BCUT2D eigenvalue weighted by Crippen LogP contribution is 2.29. The van der Waals surface area contributed by atoms with Crippen molar-refractivity contribution < 1.29 is 0 Å². The Balaban J connectivity index is 2.09. The van der Waals surface area contributed by atoms with E-state index in [9.17, 15) is 0 Å². The van der Waals surface area contributed by atoms with E-state index >= 15 is 0 Å². The second-order valence-electron chi connectivity index (χ2n) is 3.71. The predicted molar refractivity (Wildman–Crippen MR) is 61.9 cm³/mol. The molecule has 0 saturated carbocycles. The fraction of sp³-hybridized carbons (Fsp3) is 0.700. The van der Waals surface area contributed by atoms with Crippen molar-refractivity contribution in [3.05, 3.63) is 17.7 Å².